The van der Waals surface area contributed by atoms with Gasteiger partial charge in [0.25, 0.3) is 0 Å². The van der Waals surface area contributed by atoms with Gasteiger partial charge in [-0.25, -0.2) is 0 Å². The van der Waals surface area contributed by atoms with Gasteiger partial charge in [0, 0.05) is 11.3 Å². The Morgan fingerprint density at radius 3 is 2.32 bits per heavy atom. The van der Waals surface area contributed by atoms with E-state index >= 15 is 0 Å². The van der Waals surface area contributed by atoms with Crippen LogP contribution in [-0.2, 0) is 6.61 Å². The van der Waals surface area contributed by atoms with Gasteiger partial charge in [-0.15, -0.1) is 0 Å². The highest BCUT2D eigenvalue weighted by atomic mass is 16.5. The number of benzene rings is 3. The zero-order valence-electron chi connectivity index (χ0n) is 12.6. The lowest BCUT2D eigenvalue weighted by Gasteiger charge is -2.13. The third kappa shape index (κ3) is 3.29. The van der Waals surface area contributed by atoms with Crippen LogP contribution in [0.4, 0.5) is 5.69 Å². The lowest BCUT2D eigenvalue weighted by molar-refractivity contribution is 0.307. The summed E-state index contributed by atoms with van der Waals surface area (Å²) >= 11 is 0. The summed E-state index contributed by atoms with van der Waals surface area (Å²) < 4.78 is 6.03. The van der Waals surface area contributed by atoms with Gasteiger partial charge in [-0.05, 0) is 42.3 Å². The fraction of sp³-hybridized carbons (Fsp3) is 0.100. The Hall–Kier alpha value is -2.74. The van der Waals surface area contributed by atoms with E-state index in [2.05, 4.69) is 31.2 Å². The first-order chi connectivity index (χ1) is 10.7. The molecule has 0 amide bonds. The Kier molecular flexibility index (Phi) is 4.10. The fourth-order valence-corrected chi connectivity index (χ4v) is 2.39. The van der Waals surface area contributed by atoms with Gasteiger partial charge in [-0.1, -0.05) is 54.1 Å². The molecule has 2 nitrogen and oxygen atoms in total. The molecule has 0 radical (unpaired) electrons. The van der Waals surface area contributed by atoms with E-state index in [0.29, 0.717) is 6.61 Å². The summed E-state index contributed by atoms with van der Waals surface area (Å²) in [5.74, 6) is 0.888. The number of anilines is 1. The van der Waals surface area contributed by atoms with Crippen LogP contribution in [0.25, 0.3) is 11.1 Å². The molecule has 0 heterocycles. The zero-order valence-corrected chi connectivity index (χ0v) is 12.6. The largest absolute Gasteiger partial charge is 0.488 e. The van der Waals surface area contributed by atoms with Crippen LogP contribution in [0.15, 0.2) is 72.8 Å². The SMILES string of the molecule is Cc1ccc(OCc2ccccc2)c(-c2ccc(N)cc2)c1. The molecule has 0 spiro atoms. The van der Waals surface area contributed by atoms with Crippen LogP contribution in [0.1, 0.15) is 11.1 Å². The molecule has 0 saturated heterocycles. The maximum Gasteiger partial charge on any atom is 0.127 e. The second-order valence-electron chi connectivity index (χ2n) is 5.40. The molecule has 0 aliphatic carbocycles. The lowest BCUT2D eigenvalue weighted by Crippen LogP contribution is -1.97. The van der Waals surface area contributed by atoms with Gasteiger partial charge in [0.15, 0.2) is 0 Å². The summed E-state index contributed by atoms with van der Waals surface area (Å²) in [5.41, 5.74) is 11.1. The summed E-state index contributed by atoms with van der Waals surface area (Å²) in [4.78, 5) is 0. The highest BCUT2D eigenvalue weighted by Crippen LogP contribution is 2.32. The topological polar surface area (TPSA) is 35.2 Å². The van der Waals surface area contributed by atoms with Crippen molar-refractivity contribution in [2.24, 2.45) is 0 Å². The molecule has 22 heavy (non-hydrogen) atoms. The van der Waals surface area contributed by atoms with Crippen LogP contribution in [0, 0.1) is 6.92 Å². The number of nitrogens with two attached hydrogens (primary N) is 1. The number of aryl methyl sites for hydroxylation is 1. The first-order valence-corrected chi connectivity index (χ1v) is 7.36. The molecule has 3 aromatic rings. The van der Waals surface area contributed by atoms with E-state index in [0.717, 1.165) is 28.1 Å². The van der Waals surface area contributed by atoms with Crippen LogP contribution in [0.5, 0.6) is 5.75 Å². The van der Waals surface area contributed by atoms with Crippen molar-refractivity contribution < 1.29 is 4.74 Å². The van der Waals surface area contributed by atoms with Gasteiger partial charge in [-0.2, -0.15) is 0 Å². The number of hydrogen-bond donors (Lipinski definition) is 1. The highest BCUT2D eigenvalue weighted by molar-refractivity contribution is 5.72. The summed E-state index contributed by atoms with van der Waals surface area (Å²) in [6.07, 6.45) is 0. The zero-order chi connectivity index (χ0) is 15.4. The predicted octanol–water partition coefficient (Wildman–Crippen LogP) is 4.82. The summed E-state index contributed by atoms with van der Waals surface area (Å²) in [5, 5.41) is 0. The summed E-state index contributed by atoms with van der Waals surface area (Å²) in [7, 11) is 0. The van der Waals surface area contributed by atoms with Crippen molar-refractivity contribution in [2.45, 2.75) is 13.5 Å². The Labute approximate surface area is 131 Å². The predicted molar refractivity (Wildman–Crippen MR) is 91.8 cm³/mol. The van der Waals surface area contributed by atoms with E-state index in [1.54, 1.807) is 0 Å². The minimum atomic E-state index is 0.561. The smallest absolute Gasteiger partial charge is 0.127 e. The van der Waals surface area contributed by atoms with Gasteiger partial charge in [-0.3, -0.25) is 0 Å². The molecule has 0 aromatic heterocycles. The van der Waals surface area contributed by atoms with Gasteiger partial charge >= 0.3 is 0 Å². The van der Waals surface area contributed by atoms with Gasteiger partial charge < -0.3 is 10.5 Å². The molecule has 2 heteroatoms. The van der Waals surface area contributed by atoms with E-state index < -0.39 is 0 Å². The van der Waals surface area contributed by atoms with E-state index in [1.807, 2.05) is 48.5 Å². The highest BCUT2D eigenvalue weighted by Gasteiger charge is 2.07. The first kappa shape index (κ1) is 14.2. The molecular weight excluding hydrogens is 270 g/mol. The normalized spacial score (nSPS) is 10.4. The van der Waals surface area contributed by atoms with Crippen LogP contribution in [-0.4, -0.2) is 0 Å². The average Bonchev–Trinajstić information content (AvgIpc) is 2.55. The van der Waals surface area contributed by atoms with Crippen LogP contribution in [0.2, 0.25) is 0 Å². The molecule has 3 rings (SSSR count). The maximum absolute atomic E-state index is 6.03. The molecule has 0 aliphatic rings. The molecular formula is C20H19NO. The van der Waals surface area contributed by atoms with E-state index in [1.165, 1.54) is 5.56 Å². The monoisotopic (exact) mass is 289 g/mol. The molecule has 0 atom stereocenters. The molecule has 0 unspecified atom stereocenters. The van der Waals surface area contributed by atoms with Crippen molar-refractivity contribution in [3.8, 4) is 16.9 Å². The Bertz CT molecular complexity index is 748. The quantitative estimate of drug-likeness (QED) is 0.699. The van der Waals surface area contributed by atoms with E-state index in [4.69, 9.17) is 10.5 Å². The van der Waals surface area contributed by atoms with Gasteiger partial charge in [0.05, 0.1) is 0 Å². The molecule has 0 saturated carbocycles. The van der Waals surface area contributed by atoms with Crippen LogP contribution >= 0.6 is 0 Å². The van der Waals surface area contributed by atoms with Gasteiger partial charge in [0.1, 0.15) is 12.4 Å². The van der Waals surface area contributed by atoms with Crippen molar-refractivity contribution in [3.63, 3.8) is 0 Å². The Morgan fingerprint density at radius 1 is 0.864 bits per heavy atom. The van der Waals surface area contributed by atoms with Crippen molar-refractivity contribution >= 4 is 5.69 Å². The summed E-state index contributed by atoms with van der Waals surface area (Å²) in [6.45, 7) is 2.65. The molecule has 0 bridgehead atoms. The van der Waals surface area contributed by atoms with Crippen molar-refractivity contribution in [1.82, 2.24) is 0 Å². The standard InChI is InChI=1S/C20H19NO/c1-15-7-12-20(22-14-16-5-3-2-4-6-16)19(13-15)17-8-10-18(21)11-9-17/h2-13H,14,21H2,1H3. The van der Waals surface area contributed by atoms with Crippen molar-refractivity contribution in [2.75, 3.05) is 5.73 Å². The van der Waals surface area contributed by atoms with E-state index in [-0.39, 0.29) is 0 Å². The number of nitrogen functional groups attached to an aromatic ring is 1. The lowest BCUT2D eigenvalue weighted by atomic mass is 10.0. The minimum Gasteiger partial charge on any atom is -0.488 e. The summed E-state index contributed by atoms with van der Waals surface area (Å²) in [6, 6.07) is 24.3. The van der Waals surface area contributed by atoms with Crippen molar-refractivity contribution in [3.05, 3.63) is 83.9 Å². The molecule has 2 N–H and O–H groups in total. The van der Waals surface area contributed by atoms with Crippen LogP contribution < -0.4 is 10.5 Å². The second-order valence-corrected chi connectivity index (χ2v) is 5.40. The van der Waals surface area contributed by atoms with Crippen molar-refractivity contribution in [1.29, 1.82) is 0 Å². The third-order valence-electron chi connectivity index (χ3n) is 3.59. The molecule has 0 aliphatic heterocycles. The maximum atomic E-state index is 6.03. The number of ether oxygens (including phenoxy) is 1. The molecule has 3 aromatic carbocycles. The Balaban J connectivity index is 1.89. The average molecular weight is 289 g/mol. The fourth-order valence-electron chi connectivity index (χ4n) is 2.39. The van der Waals surface area contributed by atoms with Gasteiger partial charge in [0.2, 0.25) is 0 Å². The second kappa shape index (κ2) is 6.35. The minimum absolute atomic E-state index is 0.561. The van der Waals surface area contributed by atoms with E-state index in [9.17, 15) is 0 Å². The third-order valence-corrected chi connectivity index (χ3v) is 3.59. The van der Waals surface area contributed by atoms with Crippen LogP contribution in [0.3, 0.4) is 0 Å². The first-order valence-electron chi connectivity index (χ1n) is 7.36. The Morgan fingerprint density at radius 2 is 1.59 bits per heavy atom. The molecule has 0 fully saturated rings. The number of rotatable bonds is 4. The number of hydrogen-bond acceptors (Lipinski definition) is 2. The molecule has 110 valence electrons.